The van der Waals surface area contributed by atoms with Gasteiger partial charge in [0.25, 0.3) is 0 Å². The maximum absolute atomic E-state index is 5.53. The van der Waals surface area contributed by atoms with E-state index in [9.17, 15) is 0 Å². The molecule has 1 nitrogen and oxygen atoms in total. The second-order valence-electron chi connectivity index (χ2n) is 3.07. The van der Waals surface area contributed by atoms with Gasteiger partial charge in [0.05, 0.1) is 6.61 Å². The molecule has 0 spiro atoms. The lowest BCUT2D eigenvalue weighted by Gasteiger charge is -2.03. The topological polar surface area (TPSA) is 9.23 Å². The molecule has 1 aromatic carbocycles. The van der Waals surface area contributed by atoms with Crippen molar-refractivity contribution in [3.8, 4) is 0 Å². The second-order valence-corrected chi connectivity index (χ2v) is 3.07. The van der Waals surface area contributed by atoms with Crippen molar-refractivity contribution in [3.63, 3.8) is 0 Å². The van der Waals surface area contributed by atoms with Crippen molar-refractivity contribution in [3.05, 3.63) is 41.5 Å². The molecule has 1 aliphatic rings. The molecule has 0 atom stereocenters. The summed E-state index contributed by atoms with van der Waals surface area (Å²) in [6, 6.07) is 10.3. The van der Waals surface area contributed by atoms with Crippen LogP contribution in [0, 0.1) is 0 Å². The third kappa shape index (κ3) is 1.22. The zero-order chi connectivity index (χ0) is 8.39. The molecule has 12 heavy (non-hydrogen) atoms. The highest BCUT2D eigenvalue weighted by molar-refractivity contribution is 5.64. The van der Waals surface area contributed by atoms with Crippen LogP contribution in [0.2, 0.25) is 0 Å². The van der Waals surface area contributed by atoms with Crippen molar-refractivity contribution in [1.29, 1.82) is 0 Å². The molecule has 1 heterocycles. The van der Waals surface area contributed by atoms with Crippen LogP contribution < -0.4 is 0 Å². The molecule has 62 valence electrons. The molecular weight excluding hydrogens is 148 g/mol. The molecule has 0 fully saturated rings. The minimum Gasteiger partial charge on any atom is -0.493 e. The van der Waals surface area contributed by atoms with Gasteiger partial charge in [0.1, 0.15) is 5.76 Å². The van der Waals surface area contributed by atoms with Gasteiger partial charge in [-0.1, -0.05) is 30.3 Å². The fraction of sp³-hybridized carbons (Fsp3) is 0.273. The van der Waals surface area contributed by atoms with Crippen LogP contribution in [0.1, 0.15) is 18.9 Å². The van der Waals surface area contributed by atoms with Gasteiger partial charge in [-0.05, 0) is 12.5 Å². The van der Waals surface area contributed by atoms with Gasteiger partial charge in [-0.15, -0.1) is 0 Å². The Bertz CT molecular complexity index is 298. The van der Waals surface area contributed by atoms with Gasteiger partial charge in [0.15, 0.2) is 0 Å². The Hall–Kier alpha value is -1.24. The van der Waals surface area contributed by atoms with Crippen LogP contribution in [0.5, 0.6) is 0 Å². The van der Waals surface area contributed by atoms with Crippen molar-refractivity contribution < 1.29 is 4.74 Å². The van der Waals surface area contributed by atoms with Crippen LogP contribution in [0.4, 0.5) is 0 Å². The van der Waals surface area contributed by atoms with E-state index in [2.05, 4.69) is 19.1 Å². The van der Waals surface area contributed by atoms with Gasteiger partial charge in [-0.3, -0.25) is 0 Å². The van der Waals surface area contributed by atoms with E-state index in [1.54, 1.807) is 0 Å². The number of hydrogen-bond donors (Lipinski definition) is 0. The Kier molecular flexibility index (Phi) is 1.86. The quantitative estimate of drug-likeness (QED) is 0.613. The summed E-state index contributed by atoms with van der Waals surface area (Å²) < 4.78 is 5.53. The molecule has 0 unspecified atom stereocenters. The normalized spacial score (nSPS) is 16.4. The molecule has 0 saturated heterocycles. The largest absolute Gasteiger partial charge is 0.493 e. The molecule has 1 heteroatoms. The minimum absolute atomic E-state index is 0.843. The van der Waals surface area contributed by atoms with Crippen molar-refractivity contribution >= 4 is 5.76 Å². The third-order valence-corrected chi connectivity index (χ3v) is 2.15. The van der Waals surface area contributed by atoms with Crippen molar-refractivity contribution in [2.24, 2.45) is 0 Å². The molecule has 0 aliphatic carbocycles. The van der Waals surface area contributed by atoms with Crippen LogP contribution in [-0.2, 0) is 4.74 Å². The van der Waals surface area contributed by atoms with Gasteiger partial charge in [-0.25, -0.2) is 0 Å². The lowest BCUT2D eigenvalue weighted by molar-refractivity contribution is 0.307. The summed E-state index contributed by atoms with van der Waals surface area (Å²) in [6.07, 6.45) is 1.07. The average molecular weight is 160 g/mol. The monoisotopic (exact) mass is 160 g/mol. The molecule has 0 bridgehead atoms. The Balaban J connectivity index is 2.37. The fourth-order valence-electron chi connectivity index (χ4n) is 1.46. The lowest BCUT2D eigenvalue weighted by atomic mass is 10.1. The lowest BCUT2D eigenvalue weighted by Crippen LogP contribution is -1.84. The zero-order valence-electron chi connectivity index (χ0n) is 7.21. The highest BCUT2D eigenvalue weighted by Crippen LogP contribution is 2.27. The first-order valence-corrected chi connectivity index (χ1v) is 4.26. The molecule has 0 amide bonds. The predicted octanol–water partition coefficient (Wildman–Crippen LogP) is 2.84. The van der Waals surface area contributed by atoms with E-state index in [-0.39, 0.29) is 0 Å². The van der Waals surface area contributed by atoms with E-state index in [0.29, 0.717) is 0 Å². The zero-order valence-corrected chi connectivity index (χ0v) is 7.21. The first-order chi connectivity index (χ1) is 5.88. The van der Waals surface area contributed by atoms with Crippen molar-refractivity contribution in [2.75, 3.05) is 6.61 Å². The van der Waals surface area contributed by atoms with Crippen LogP contribution in [-0.4, -0.2) is 6.61 Å². The van der Waals surface area contributed by atoms with E-state index >= 15 is 0 Å². The molecule has 0 saturated carbocycles. The van der Waals surface area contributed by atoms with Gasteiger partial charge in [0, 0.05) is 12.0 Å². The predicted molar refractivity (Wildman–Crippen MR) is 49.6 cm³/mol. The first-order valence-electron chi connectivity index (χ1n) is 4.26. The average Bonchev–Trinajstić information content (AvgIpc) is 2.53. The maximum Gasteiger partial charge on any atom is 0.125 e. The van der Waals surface area contributed by atoms with Gasteiger partial charge < -0.3 is 4.74 Å². The molecule has 1 aliphatic heterocycles. The molecule has 0 N–H and O–H groups in total. The number of benzene rings is 1. The van der Waals surface area contributed by atoms with E-state index < -0.39 is 0 Å². The third-order valence-electron chi connectivity index (χ3n) is 2.15. The molecule has 0 radical (unpaired) electrons. The summed E-state index contributed by atoms with van der Waals surface area (Å²) in [5, 5.41) is 0. The summed E-state index contributed by atoms with van der Waals surface area (Å²) in [4.78, 5) is 0. The van der Waals surface area contributed by atoms with E-state index in [0.717, 1.165) is 18.8 Å². The van der Waals surface area contributed by atoms with Crippen LogP contribution in [0.15, 0.2) is 35.9 Å². The molecule has 1 aromatic rings. The Morgan fingerprint density at radius 1 is 1.17 bits per heavy atom. The maximum atomic E-state index is 5.53. The summed E-state index contributed by atoms with van der Waals surface area (Å²) in [5.74, 6) is 1.08. The van der Waals surface area contributed by atoms with Crippen LogP contribution in [0.25, 0.3) is 5.76 Å². The van der Waals surface area contributed by atoms with Gasteiger partial charge >= 0.3 is 0 Å². The highest BCUT2D eigenvalue weighted by atomic mass is 16.5. The highest BCUT2D eigenvalue weighted by Gasteiger charge is 2.12. The van der Waals surface area contributed by atoms with Crippen LogP contribution in [0.3, 0.4) is 0 Å². The molecular formula is C11H12O. The van der Waals surface area contributed by atoms with Gasteiger partial charge in [0.2, 0.25) is 0 Å². The van der Waals surface area contributed by atoms with E-state index in [4.69, 9.17) is 4.74 Å². The van der Waals surface area contributed by atoms with Crippen LogP contribution >= 0.6 is 0 Å². The smallest absolute Gasteiger partial charge is 0.125 e. The summed E-state index contributed by atoms with van der Waals surface area (Å²) in [7, 11) is 0. The first kappa shape index (κ1) is 7.41. The standard InChI is InChI=1S/C11H12O/c1-9-7-8-12-11(9)10-5-3-2-4-6-10/h2-6H,7-8H2,1H3. The summed E-state index contributed by atoms with van der Waals surface area (Å²) in [6.45, 7) is 2.98. The van der Waals surface area contributed by atoms with E-state index in [1.807, 2.05) is 18.2 Å². The minimum atomic E-state index is 0.843. The number of rotatable bonds is 1. The summed E-state index contributed by atoms with van der Waals surface area (Å²) in [5.41, 5.74) is 2.56. The van der Waals surface area contributed by atoms with E-state index in [1.165, 1.54) is 11.1 Å². The molecule has 2 rings (SSSR count). The van der Waals surface area contributed by atoms with Crippen molar-refractivity contribution in [1.82, 2.24) is 0 Å². The number of hydrogen-bond acceptors (Lipinski definition) is 1. The Morgan fingerprint density at radius 2 is 1.92 bits per heavy atom. The van der Waals surface area contributed by atoms with Crippen molar-refractivity contribution in [2.45, 2.75) is 13.3 Å². The second kappa shape index (κ2) is 3.02. The summed E-state index contributed by atoms with van der Waals surface area (Å²) >= 11 is 0. The number of ether oxygens (including phenoxy) is 1. The van der Waals surface area contributed by atoms with Gasteiger partial charge in [-0.2, -0.15) is 0 Å². The SMILES string of the molecule is CC1=C(c2ccccc2)OCC1. The molecule has 0 aromatic heterocycles. The fourth-order valence-corrected chi connectivity index (χ4v) is 1.46. The Morgan fingerprint density at radius 3 is 2.50 bits per heavy atom. The Labute approximate surface area is 72.7 Å².